The number of benzene rings is 6. The number of fused-ring (bicyclic) bond motifs is 12. The number of aryl methyl sites for hydroxylation is 2. The van der Waals surface area contributed by atoms with E-state index in [1.54, 1.807) is 14.2 Å². The van der Waals surface area contributed by atoms with Crippen LogP contribution in [0.15, 0.2) is 72.8 Å². The Balaban J connectivity index is 0.000000230. The van der Waals surface area contributed by atoms with Crippen molar-refractivity contribution in [2.75, 3.05) is 92.8 Å². The quantitative estimate of drug-likeness (QED) is 0.0767. The van der Waals surface area contributed by atoms with Crippen molar-refractivity contribution in [3.8, 4) is 46.0 Å². The second-order valence-electron chi connectivity index (χ2n) is 38.5. The first-order valence-electron chi connectivity index (χ1n) is 40.0. The summed E-state index contributed by atoms with van der Waals surface area (Å²) in [5, 5.41) is 109. The van der Waals surface area contributed by atoms with Crippen molar-refractivity contribution < 1.29 is 40.1 Å². The highest BCUT2D eigenvalue weighted by Gasteiger charge is 2.28. The lowest BCUT2D eigenvalue weighted by atomic mass is 9.84. The zero-order valence-corrected chi connectivity index (χ0v) is 71.4. The van der Waals surface area contributed by atoms with Gasteiger partial charge in [-0.1, -0.05) is 184 Å². The van der Waals surface area contributed by atoms with Crippen LogP contribution < -0.4 is 73.3 Å². The summed E-state index contributed by atoms with van der Waals surface area (Å²) in [5.74, 6) is 3.63. The first kappa shape index (κ1) is 90.4. The molecule has 0 atom stereocenters. The second kappa shape index (κ2) is 39.3. The molecule has 3 heterocycles. The van der Waals surface area contributed by atoms with Gasteiger partial charge < -0.3 is 104 Å². The van der Waals surface area contributed by atoms with Gasteiger partial charge in [0.25, 0.3) is 0 Å². The molecule has 0 fully saturated rings. The van der Waals surface area contributed by atoms with Crippen LogP contribution in [-0.4, -0.2) is 123 Å². The maximum atomic E-state index is 11.2. The van der Waals surface area contributed by atoms with Gasteiger partial charge >= 0.3 is 0 Å². The first-order valence-corrected chi connectivity index (χ1v) is 40.0. The average Bonchev–Trinajstić information content (AvgIpc) is 0.859. The van der Waals surface area contributed by atoms with Gasteiger partial charge in [0.15, 0.2) is 0 Å². The van der Waals surface area contributed by atoms with Gasteiger partial charge in [0.05, 0.1) is 14.2 Å². The van der Waals surface area contributed by atoms with E-state index in [1.807, 2.05) is 24.3 Å². The predicted octanol–water partition coefficient (Wildman–Crippen LogP) is 12.9. The Labute approximate surface area is 661 Å². The molecule has 9 rings (SSSR count). The van der Waals surface area contributed by atoms with Gasteiger partial charge in [-0.15, -0.1) is 0 Å². The molecule has 12 bridgehead atoms. The molecule has 0 unspecified atom stereocenters. The Bertz CT molecular complexity index is 3510. The van der Waals surface area contributed by atoms with E-state index in [0.717, 1.165) is 168 Å². The minimum Gasteiger partial charge on any atom is -0.507 e. The summed E-state index contributed by atoms with van der Waals surface area (Å²) >= 11 is 0. The third-order valence-corrected chi connectivity index (χ3v) is 21.1. The maximum Gasteiger partial charge on any atom is 0.124 e. The van der Waals surface area contributed by atoms with Gasteiger partial charge in [0.1, 0.15) is 46.0 Å². The fraction of sp³-hybridized carbons (Fsp3) is 0.600. The molecule has 612 valence electrons. The molecule has 0 saturated carbocycles. The van der Waals surface area contributed by atoms with Crippen LogP contribution in [0.1, 0.15) is 214 Å². The Morgan fingerprint density at radius 1 is 0.236 bits per heavy atom. The molecule has 3 aliphatic rings. The molecule has 0 saturated heterocycles. The fourth-order valence-corrected chi connectivity index (χ4v) is 14.4. The lowest BCUT2D eigenvalue weighted by molar-refractivity contribution is 0.312. The third kappa shape index (κ3) is 28.4. The summed E-state index contributed by atoms with van der Waals surface area (Å²) in [6.45, 7) is 60.6. The monoisotopic (exact) mass is 1520 g/mol. The number of aromatic hydroxyl groups is 6. The van der Waals surface area contributed by atoms with E-state index < -0.39 is 0 Å². The van der Waals surface area contributed by atoms with E-state index in [4.69, 9.17) is 9.47 Å². The molecule has 0 aliphatic carbocycles. The highest BCUT2D eigenvalue weighted by atomic mass is 16.5. The van der Waals surface area contributed by atoms with Crippen LogP contribution in [0.25, 0.3) is 0 Å². The summed E-state index contributed by atoms with van der Waals surface area (Å²) in [4.78, 5) is 0. The van der Waals surface area contributed by atoms with E-state index in [-0.39, 0.29) is 43.3 Å². The van der Waals surface area contributed by atoms with Crippen molar-refractivity contribution in [1.82, 2.24) is 63.8 Å². The van der Waals surface area contributed by atoms with Crippen LogP contribution in [0.2, 0.25) is 0 Å². The Morgan fingerprint density at radius 2 is 0.364 bits per heavy atom. The minimum atomic E-state index is -0.0514. The molecule has 20 nitrogen and oxygen atoms in total. The molecule has 6 aromatic rings. The number of phenolic OH excluding ortho intramolecular Hbond substituents is 6. The molecular weight excluding hydrogens is 1380 g/mol. The number of phenols is 6. The van der Waals surface area contributed by atoms with Gasteiger partial charge in [-0.25, -0.2) is 0 Å². The number of methoxy groups -OCH3 is 2. The van der Waals surface area contributed by atoms with Crippen LogP contribution >= 0.6 is 0 Å². The number of hydrogen-bond donors (Lipinski definition) is 18. The van der Waals surface area contributed by atoms with Gasteiger partial charge in [0.2, 0.25) is 0 Å². The second-order valence-corrected chi connectivity index (χ2v) is 38.5. The highest BCUT2D eigenvalue weighted by molar-refractivity contribution is 5.50. The predicted molar refractivity (Wildman–Crippen MR) is 452 cm³/mol. The largest absolute Gasteiger partial charge is 0.507 e. The van der Waals surface area contributed by atoms with E-state index in [2.05, 4.69) is 251 Å². The lowest BCUT2D eigenvalue weighted by Crippen LogP contribution is -2.38. The third-order valence-electron chi connectivity index (χ3n) is 21.1. The van der Waals surface area contributed by atoms with E-state index in [0.29, 0.717) is 113 Å². The summed E-state index contributed by atoms with van der Waals surface area (Å²) in [5.41, 5.74) is 15.5. The smallest absolute Gasteiger partial charge is 0.124 e. The number of rotatable bonds is 2. The summed E-state index contributed by atoms with van der Waals surface area (Å²) < 4.78 is 11.0. The number of ether oxygens (including phenoxy) is 2. The van der Waals surface area contributed by atoms with Crippen molar-refractivity contribution in [2.24, 2.45) is 32.5 Å². The molecule has 0 aromatic heterocycles. The van der Waals surface area contributed by atoms with Crippen molar-refractivity contribution in [3.05, 3.63) is 162 Å². The fourth-order valence-electron chi connectivity index (χ4n) is 14.4. The maximum absolute atomic E-state index is 11.2. The molecular formula is C90H144N12O8. The SMILES string of the molecule is CC1(C)CNCc2cc(C(C)(C)C)cc(c2O)CNCC(C)(C)CNCc2cc(C(C)(C)C)cc(c2O)CNC1.COc1cc2c(O)c(c1)CNCC(C)(C)CNCc1cc(OC)cc(c1O)CNCC(C)(C)CNC2.Cc1cc2c(O)c(c1)CNCC(C)(C)CNCc1cc(C)cc(c1O)CNCC(C)(C)CNC2. The minimum absolute atomic E-state index is 0.00830. The van der Waals surface area contributed by atoms with Crippen LogP contribution in [0.4, 0.5) is 0 Å². The Morgan fingerprint density at radius 3 is 0.491 bits per heavy atom. The molecule has 0 radical (unpaired) electrons. The summed E-state index contributed by atoms with van der Waals surface area (Å²) in [6, 6.07) is 24.4. The van der Waals surface area contributed by atoms with E-state index in [9.17, 15) is 30.6 Å². The topological polar surface area (TPSA) is 284 Å². The Hall–Kier alpha value is -6.76. The van der Waals surface area contributed by atoms with Crippen LogP contribution in [0, 0.1) is 46.3 Å². The van der Waals surface area contributed by atoms with Crippen molar-refractivity contribution in [2.45, 2.75) is 228 Å². The zero-order chi connectivity index (χ0) is 81.2. The van der Waals surface area contributed by atoms with Gasteiger partial charge in [-0.2, -0.15) is 0 Å². The van der Waals surface area contributed by atoms with Gasteiger partial charge in [-0.05, 0) is 92.6 Å². The molecule has 6 aromatic carbocycles. The van der Waals surface area contributed by atoms with Crippen LogP contribution in [-0.2, 0) is 89.4 Å². The Kier molecular flexibility index (Phi) is 32.3. The van der Waals surface area contributed by atoms with Crippen molar-refractivity contribution in [3.63, 3.8) is 0 Å². The number of hydrogen-bond acceptors (Lipinski definition) is 20. The van der Waals surface area contributed by atoms with Crippen molar-refractivity contribution >= 4 is 0 Å². The summed E-state index contributed by atoms with van der Waals surface area (Å²) in [7, 11) is 3.30. The lowest BCUT2D eigenvalue weighted by Gasteiger charge is -2.29. The first-order chi connectivity index (χ1) is 51.4. The number of nitrogens with one attached hydrogen (secondary N) is 12. The normalized spacial score (nSPS) is 19.6. The van der Waals surface area contributed by atoms with Gasteiger partial charge in [-0.3, -0.25) is 0 Å². The summed E-state index contributed by atoms with van der Waals surface area (Å²) in [6.07, 6.45) is 0. The standard InChI is InChI=1S/C34H56N4O2.C28H44N4O4.C28H44N4O2/c1-31(2,3)27-11-23-15-35-19-33(7,8)21-37-17-25-13-28(32(4,5)6)14-26(30(25)40)18-38-22-34(9,10)20-36-16-24(12-27)29(23)39;1-27(2)15-29-11-19-7-23(35-5)9-21(25(19)33)13-31-17-28(3,4)18-32-14-22-10-24(36-6)8-20(26(22)34)12-30-16-27;1-19-7-21-11-29-15-27(3,4)17-31-13-23-9-20(2)10-24(26(23)34)14-32-18-28(5,6)16-30-12-22(8-19)25(21)33/h11-14,35-40H,15-22H2,1-10H3;7-10,29-34H,11-18H2,1-6H3;7-10,29-34H,11-18H2,1-6H3. The average molecular weight is 1520 g/mol. The molecule has 3 aliphatic heterocycles. The highest BCUT2D eigenvalue weighted by Crippen LogP contribution is 2.37. The van der Waals surface area contributed by atoms with Crippen LogP contribution in [0.5, 0.6) is 46.0 Å². The molecule has 110 heavy (non-hydrogen) atoms. The van der Waals surface area contributed by atoms with Crippen LogP contribution in [0.3, 0.4) is 0 Å². The van der Waals surface area contributed by atoms with E-state index >= 15 is 0 Å². The molecule has 0 amide bonds. The van der Waals surface area contributed by atoms with E-state index in [1.165, 1.54) is 11.1 Å². The molecule has 20 heteroatoms. The molecule has 0 spiro atoms. The zero-order valence-electron chi connectivity index (χ0n) is 71.4. The molecule has 18 N–H and O–H groups in total. The van der Waals surface area contributed by atoms with Crippen molar-refractivity contribution in [1.29, 1.82) is 0 Å². The van der Waals surface area contributed by atoms with Gasteiger partial charge in [0, 0.05) is 224 Å².